The summed E-state index contributed by atoms with van der Waals surface area (Å²) in [6.07, 6.45) is 0.725. The van der Waals surface area contributed by atoms with Gasteiger partial charge in [-0.1, -0.05) is 0 Å². The van der Waals surface area contributed by atoms with E-state index < -0.39 is 12.3 Å². The van der Waals surface area contributed by atoms with Crippen molar-refractivity contribution >= 4 is 5.91 Å². The quantitative estimate of drug-likeness (QED) is 0.663. The van der Waals surface area contributed by atoms with Crippen LogP contribution in [0.2, 0.25) is 0 Å². The molecule has 3 saturated heterocycles. The molecule has 0 bridgehead atoms. The van der Waals surface area contributed by atoms with Crippen molar-refractivity contribution in [2.75, 3.05) is 54.1 Å². The van der Waals surface area contributed by atoms with Crippen LogP contribution in [0.15, 0.2) is 0 Å². The van der Waals surface area contributed by atoms with Gasteiger partial charge < -0.3 is 19.5 Å². The molecule has 3 heterocycles. The molecule has 6 atom stereocenters. The van der Waals surface area contributed by atoms with Gasteiger partial charge in [-0.25, -0.2) is 4.39 Å². The summed E-state index contributed by atoms with van der Waals surface area (Å²) in [5, 5.41) is 9.34. The van der Waals surface area contributed by atoms with E-state index in [1.807, 2.05) is 19.0 Å². The van der Waals surface area contributed by atoms with E-state index in [-0.39, 0.29) is 36.7 Å². The molecule has 0 saturated carbocycles. The predicted octanol–water partition coefficient (Wildman–Crippen LogP) is -0.274. The van der Waals surface area contributed by atoms with E-state index in [1.54, 1.807) is 11.9 Å². The number of aliphatic hydroxyl groups is 1. The number of likely N-dealkylation sites (N-methyl/N-ethyl adjacent to an activating group) is 3. The maximum Gasteiger partial charge on any atom is 0.251 e. The molecule has 1 amide bonds. The number of rotatable bonds is 7. The Hall–Kier alpha value is -0.800. The van der Waals surface area contributed by atoms with Gasteiger partial charge in [0, 0.05) is 38.6 Å². The minimum absolute atomic E-state index is 0.00112. The smallest absolute Gasteiger partial charge is 0.251 e. The molecule has 0 radical (unpaired) electrons. The second-order valence-corrected chi connectivity index (χ2v) is 8.05. The van der Waals surface area contributed by atoms with E-state index >= 15 is 0 Å². The first-order valence-electron chi connectivity index (χ1n) is 9.54. The Balaban J connectivity index is 1.43. The monoisotopic (exact) mass is 373 g/mol. The number of amides is 1. The van der Waals surface area contributed by atoms with Crippen LogP contribution < -0.4 is 0 Å². The normalized spacial score (nSPS) is 39.4. The molecule has 7 nitrogen and oxygen atoms in total. The number of ether oxygens (including phenoxy) is 2. The van der Waals surface area contributed by atoms with Crippen LogP contribution in [0.25, 0.3) is 0 Å². The molecule has 26 heavy (non-hydrogen) atoms. The number of alkyl halides is 1. The average molecular weight is 373 g/mol. The fourth-order valence-corrected chi connectivity index (χ4v) is 4.28. The van der Waals surface area contributed by atoms with E-state index in [4.69, 9.17) is 9.47 Å². The molecule has 0 aromatic carbocycles. The standard InChI is InChI=1S/C18H32FN3O4/c1-20-7-12(19)4-14(20)10-26-17-6-15(22(3)18(17)24)11-25-16-5-13(9-23)21(2)8-16/h12-17,23H,4-11H2,1-3H3. The highest BCUT2D eigenvalue weighted by Crippen LogP contribution is 2.25. The van der Waals surface area contributed by atoms with Crippen molar-refractivity contribution in [1.29, 1.82) is 0 Å². The van der Waals surface area contributed by atoms with Gasteiger partial charge >= 0.3 is 0 Å². The zero-order valence-corrected chi connectivity index (χ0v) is 16.0. The zero-order valence-electron chi connectivity index (χ0n) is 16.0. The second kappa shape index (κ2) is 8.48. The molecular weight excluding hydrogens is 341 g/mol. The lowest BCUT2D eigenvalue weighted by Gasteiger charge is -2.21. The van der Waals surface area contributed by atoms with Gasteiger partial charge in [-0.15, -0.1) is 0 Å². The van der Waals surface area contributed by atoms with Crippen molar-refractivity contribution < 1.29 is 23.8 Å². The van der Waals surface area contributed by atoms with E-state index in [1.165, 1.54) is 0 Å². The van der Waals surface area contributed by atoms with E-state index in [2.05, 4.69) is 4.90 Å². The number of hydrogen-bond acceptors (Lipinski definition) is 6. The van der Waals surface area contributed by atoms with Gasteiger partial charge in [-0.05, 0) is 26.9 Å². The highest BCUT2D eigenvalue weighted by Gasteiger charge is 2.40. The summed E-state index contributed by atoms with van der Waals surface area (Å²) >= 11 is 0. The van der Waals surface area contributed by atoms with Crippen molar-refractivity contribution in [3.8, 4) is 0 Å². The third kappa shape index (κ3) is 4.36. The third-order valence-electron chi connectivity index (χ3n) is 6.17. The zero-order chi connectivity index (χ0) is 18.8. The fraction of sp³-hybridized carbons (Fsp3) is 0.944. The molecule has 0 aromatic rings. The Labute approximate surface area is 155 Å². The van der Waals surface area contributed by atoms with Crippen molar-refractivity contribution in [2.45, 2.75) is 55.8 Å². The van der Waals surface area contributed by atoms with Crippen LogP contribution >= 0.6 is 0 Å². The van der Waals surface area contributed by atoms with Gasteiger partial charge in [-0.2, -0.15) is 0 Å². The molecular formula is C18H32FN3O4. The first kappa shape index (κ1) is 19.9. The lowest BCUT2D eigenvalue weighted by molar-refractivity contribution is -0.138. The fourth-order valence-electron chi connectivity index (χ4n) is 4.28. The van der Waals surface area contributed by atoms with Crippen LogP contribution in [0.1, 0.15) is 19.3 Å². The van der Waals surface area contributed by atoms with Gasteiger partial charge in [0.1, 0.15) is 12.3 Å². The molecule has 0 spiro atoms. The summed E-state index contributed by atoms with van der Waals surface area (Å²) in [6, 6.07) is 0.200. The molecule has 6 unspecified atom stereocenters. The van der Waals surface area contributed by atoms with Crippen LogP contribution in [0.5, 0.6) is 0 Å². The van der Waals surface area contributed by atoms with Crippen molar-refractivity contribution in [3.63, 3.8) is 0 Å². The minimum atomic E-state index is -0.802. The number of halogens is 1. The number of nitrogens with zero attached hydrogens (tertiary/aromatic N) is 3. The lowest BCUT2D eigenvalue weighted by Crippen LogP contribution is -2.36. The third-order valence-corrected chi connectivity index (χ3v) is 6.17. The maximum atomic E-state index is 13.4. The Morgan fingerprint density at radius 2 is 1.69 bits per heavy atom. The summed E-state index contributed by atoms with van der Waals surface area (Å²) in [6.45, 7) is 2.25. The Kier molecular flexibility index (Phi) is 6.50. The van der Waals surface area contributed by atoms with Gasteiger partial charge in [0.25, 0.3) is 5.91 Å². The molecule has 8 heteroatoms. The number of carbonyl (C=O) groups excluding carboxylic acids is 1. The molecule has 150 valence electrons. The van der Waals surface area contributed by atoms with Crippen LogP contribution in [-0.2, 0) is 14.3 Å². The van der Waals surface area contributed by atoms with E-state index in [0.29, 0.717) is 32.6 Å². The summed E-state index contributed by atoms with van der Waals surface area (Å²) in [7, 11) is 5.67. The van der Waals surface area contributed by atoms with E-state index in [0.717, 1.165) is 13.0 Å². The van der Waals surface area contributed by atoms with Gasteiger partial charge in [0.2, 0.25) is 0 Å². The lowest BCUT2D eigenvalue weighted by atomic mass is 10.2. The predicted molar refractivity (Wildman–Crippen MR) is 94.7 cm³/mol. The molecule has 0 aromatic heterocycles. The largest absolute Gasteiger partial charge is 0.395 e. The van der Waals surface area contributed by atoms with Gasteiger partial charge in [-0.3, -0.25) is 14.6 Å². The average Bonchev–Trinajstić information content (AvgIpc) is 3.21. The Bertz CT molecular complexity index is 497. The number of hydrogen-bond donors (Lipinski definition) is 1. The van der Waals surface area contributed by atoms with Crippen LogP contribution in [0.4, 0.5) is 4.39 Å². The summed E-state index contributed by atoms with van der Waals surface area (Å²) in [5.74, 6) is -0.0205. The molecule has 1 N–H and O–H groups in total. The summed E-state index contributed by atoms with van der Waals surface area (Å²) in [4.78, 5) is 18.2. The van der Waals surface area contributed by atoms with E-state index in [9.17, 15) is 14.3 Å². The molecule has 3 rings (SSSR count). The number of aliphatic hydroxyl groups excluding tert-OH is 1. The van der Waals surface area contributed by atoms with Crippen LogP contribution in [0.3, 0.4) is 0 Å². The second-order valence-electron chi connectivity index (χ2n) is 8.05. The first-order valence-corrected chi connectivity index (χ1v) is 9.54. The van der Waals surface area contributed by atoms with Crippen molar-refractivity contribution in [2.24, 2.45) is 0 Å². The molecule has 3 fully saturated rings. The SMILES string of the molecule is CN1CC(F)CC1COC1CC(COC2CC(CO)N(C)C2)N(C)C1=O. The first-order chi connectivity index (χ1) is 12.4. The topological polar surface area (TPSA) is 65.5 Å². The minimum Gasteiger partial charge on any atom is -0.395 e. The Morgan fingerprint density at radius 3 is 2.31 bits per heavy atom. The summed E-state index contributed by atoms with van der Waals surface area (Å²) < 4.78 is 25.3. The van der Waals surface area contributed by atoms with Crippen LogP contribution in [0, 0.1) is 0 Å². The van der Waals surface area contributed by atoms with Crippen LogP contribution in [-0.4, -0.2) is 116 Å². The molecule has 3 aliphatic rings. The summed E-state index contributed by atoms with van der Waals surface area (Å²) in [5.41, 5.74) is 0. The highest BCUT2D eigenvalue weighted by atomic mass is 19.1. The number of likely N-dealkylation sites (tertiary alicyclic amines) is 3. The number of carbonyl (C=O) groups is 1. The Morgan fingerprint density at radius 1 is 1.00 bits per heavy atom. The van der Waals surface area contributed by atoms with Gasteiger partial charge in [0.05, 0.1) is 32.0 Å². The van der Waals surface area contributed by atoms with Gasteiger partial charge in [0.15, 0.2) is 0 Å². The van der Waals surface area contributed by atoms with Crippen molar-refractivity contribution in [3.05, 3.63) is 0 Å². The molecule has 3 aliphatic heterocycles. The van der Waals surface area contributed by atoms with Crippen molar-refractivity contribution in [1.82, 2.24) is 14.7 Å². The molecule has 0 aliphatic carbocycles. The maximum absolute atomic E-state index is 13.4. The highest BCUT2D eigenvalue weighted by molar-refractivity contribution is 5.83.